The molecular weight excluding hydrogens is 258 g/mol. The molecule has 20 heavy (non-hydrogen) atoms. The molecule has 0 saturated carbocycles. The van der Waals surface area contributed by atoms with E-state index in [0.717, 1.165) is 38.9 Å². The number of amides is 3. The van der Waals surface area contributed by atoms with Crippen LogP contribution in [0.4, 0.5) is 4.79 Å². The number of nitrogens with one attached hydrogen (secondary N) is 1. The van der Waals surface area contributed by atoms with Crippen molar-refractivity contribution in [2.75, 3.05) is 33.2 Å². The van der Waals surface area contributed by atoms with E-state index in [4.69, 9.17) is 4.74 Å². The molecular formula is C14H23N3O3. The van der Waals surface area contributed by atoms with Crippen molar-refractivity contribution in [3.63, 3.8) is 0 Å². The van der Waals surface area contributed by atoms with E-state index < -0.39 is 0 Å². The molecule has 3 amide bonds. The van der Waals surface area contributed by atoms with Crippen molar-refractivity contribution in [3.8, 4) is 0 Å². The highest BCUT2D eigenvalue weighted by Gasteiger charge is 2.44. The zero-order valence-corrected chi connectivity index (χ0v) is 12.0. The Labute approximate surface area is 119 Å². The molecule has 0 radical (unpaired) electrons. The smallest absolute Gasteiger partial charge is 0.320 e. The van der Waals surface area contributed by atoms with Crippen LogP contribution >= 0.6 is 0 Å². The second-order valence-electron chi connectivity index (χ2n) is 6.05. The third-order valence-corrected chi connectivity index (χ3v) is 4.65. The third kappa shape index (κ3) is 2.61. The number of urea groups is 1. The molecule has 3 saturated heterocycles. The molecule has 3 heterocycles. The van der Waals surface area contributed by atoms with Crippen LogP contribution in [0.25, 0.3) is 0 Å². The summed E-state index contributed by atoms with van der Waals surface area (Å²) in [6, 6.07) is 0.170. The largest absolute Gasteiger partial charge is 0.372 e. The molecule has 1 N–H and O–H groups in total. The number of rotatable bonds is 2. The van der Waals surface area contributed by atoms with Gasteiger partial charge in [-0.3, -0.25) is 4.79 Å². The summed E-state index contributed by atoms with van der Waals surface area (Å²) in [5, 5.41) is 2.63. The fraction of sp³-hybridized carbons (Fsp3) is 0.857. The highest BCUT2D eigenvalue weighted by atomic mass is 16.5. The summed E-state index contributed by atoms with van der Waals surface area (Å²) in [5.41, 5.74) is 0. The Balaban J connectivity index is 1.50. The number of likely N-dealkylation sites (tertiary alicyclic amines) is 2. The van der Waals surface area contributed by atoms with E-state index in [1.807, 2.05) is 9.80 Å². The van der Waals surface area contributed by atoms with Crippen molar-refractivity contribution in [1.29, 1.82) is 0 Å². The Morgan fingerprint density at radius 2 is 1.95 bits per heavy atom. The molecule has 0 aromatic heterocycles. The van der Waals surface area contributed by atoms with Crippen molar-refractivity contribution in [3.05, 3.63) is 0 Å². The Kier molecular flexibility index (Phi) is 3.83. The van der Waals surface area contributed by atoms with Gasteiger partial charge in [0.25, 0.3) is 0 Å². The molecule has 0 aromatic carbocycles. The summed E-state index contributed by atoms with van der Waals surface area (Å²) in [4.78, 5) is 27.6. The number of ether oxygens (including phenoxy) is 1. The Bertz CT molecular complexity index is 381. The van der Waals surface area contributed by atoms with E-state index in [9.17, 15) is 9.59 Å². The molecule has 6 nitrogen and oxygen atoms in total. The quantitative estimate of drug-likeness (QED) is 0.798. The van der Waals surface area contributed by atoms with Crippen molar-refractivity contribution >= 4 is 11.9 Å². The minimum absolute atomic E-state index is 0.0222. The van der Waals surface area contributed by atoms with Gasteiger partial charge in [0.1, 0.15) is 0 Å². The molecule has 0 spiro atoms. The lowest BCUT2D eigenvalue weighted by Crippen LogP contribution is -2.41. The topological polar surface area (TPSA) is 61.9 Å². The van der Waals surface area contributed by atoms with Gasteiger partial charge in [0.05, 0.1) is 18.6 Å². The number of carbonyl (C=O) groups excluding carboxylic acids is 2. The van der Waals surface area contributed by atoms with Crippen molar-refractivity contribution in [2.45, 2.75) is 37.9 Å². The third-order valence-electron chi connectivity index (χ3n) is 4.65. The van der Waals surface area contributed by atoms with Gasteiger partial charge in [-0.1, -0.05) is 0 Å². The lowest BCUT2D eigenvalue weighted by Gasteiger charge is -2.25. The summed E-state index contributed by atoms with van der Waals surface area (Å²) < 4.78 is 5.93. The van der Waals surface area contributed by atoms with Gasteiger partial charge in [0.15, 0.2) is 0 Å². The molecule has 3 rings (SSSR count). The van der Waals surface area contributed by atoms with E-state index in [2.05, 4.69) is 5.32 Å². The number of carbonyl (C=O) groups is 2. The maximum absolute atomic E-state index is 12.3. The number of hydrogen-bond acceptors (Lipinski definition) is 3. The van der Waals surface area contributed by atoms with Gasteiger partial charge < -0.3 is 19.9 Å². The minimum Gasteiger partial charge on any atom is -0.372 e. The lowest BCUT2D eigenvalue weighted by atomic mass is 10.0. The predicted octanol–water partition coefficient (Wildman–Crippen LogP) is 0.428. The number of nitrogens with zero attached hydrogens (tertiary/aromatic N) is 2. The average Bonchev–Trinajstić information content (AvgIpc) is 3.12. The fourth-order valence-electron chi connectivity index (χ4n) is 3.57. The van der Waals surface area contributed by atoms with Crippen LogP contribution < -0.4 is 5.32 Å². The van der Waals surface area contributed by atoms with Crippen molar-refractivity contribution in [2.24, 2.45) is 5.92 Å². The standard InChI is InChI=1S/C14H23N3O3/c1-15-13(18)7-11-6-10-8-17(9-12(10)20-11)14(19)16-4-2-3-5-16/h10-12H,2-9H2,1H3,(H,15,18)/t10-,11+,12+/m1/s1. The molecule has 0 bridgehead atoms. The maximum atomic E-state index is 12.3. The number of fused-ring (bicyclic) bond motifs is 1. The molecule has 0 aliphatic carbocycles. The van der Waals surface area contributed by atoms with Crippen LogP contribution in [-0.4, -0.2) is 67.2 Å². The van der Waals surface area contributed by atoms with E-state index in [1.54, 1.807) is 7.05 Å². The van der Waals surface area contributed by atoms with E-state index in [0.29, 0.717) is 18.9 Å². The first kappa shape index (κ1) is 13.7. The summed E-state index contributed by atoms with van der Waals surface area (Å²) in [5.74, 6) is 0.427. The van der Waals surface area contributed by atoms with Gasteiger partial charge in [0.2, 0.25) is 5.91 Å². The minimum atomic E-state index is 0.0222. The highest BCUT2D eigenvalue weighted by molar-refractivity contribution is 5.76. The lowest BCUT2D eigenvalue weighted by molar-refractivity contribution is -0.123. The van der Waals surface area contributed by atoms with Crippen LogP contribution in [0.1, 0.15) is 25.7 Å². The van der Waals surface area contributed by atoms with Crippen LogP contribution in [-0.2, 0) is 9.53 Å². The van der Waals surface area contributed by atoms with E-state index >= 15 is 0 Å². The summed E-state index contributed by atoms with van der Waals surface area (Å²) in [6.07, 6.45) is 3.71. The SMILES string of the molecule is CNC(=O)C[C@@H]1C[C@@H]2CN(C(=O)N3CCCC3)C[C@@H]2O1. The molecule has 3 aliphatic rings. The van der Waals surface area contributed by atoms with Crippen molar-refractivity contribution in [1.82, 2.24) is 15.1 Å². The first-order valence-electron chi connectivity index (χ1n) is 7.57. The van der Waals surface area contributed by atoms with Gasteiger partial charge >= 0.3 is 6.03 Å². The van der Waals surface area contributed by atoms with Gasteiger partial charge in [-0.2, -0.15) is 0 Å². The van der Waals surface area contributed by atoms with Gasteiger partial charge in [-0.25, -0.2) is 4.79 Å². The first-order chi connectivity index (χ1) is 9.67. The van der Waals surface area contributed by atoms with Crippen LogP contribution in [0.2, 0.25) is 0 Å². The second-order valence-corrected chi connectivity index (χ2v) is 6.05. The zero-order chi connectivity index (χ0) is 14.1. The average molecular weight is 281 g/mol. The summed E-state index contributed by atoms with van der Waals surface area (Å²) in [6.45, 7) is 3.25. The van der Waals surface area contributed by atoms with E-state index in [1.165, 1.54) is 0 Å². The second kappa shape index (κ2) is 5.60. The van der Waals surface area contributed by atoms with Gasteiger partial charge in [-0.15, -0.1) is 0 Å². The molecule has 3 fully saturated rings. The van der Waals surface area contributed by atoms with Crippen LogP contribution in [0.15, 0.2) is 0 Å². The highest BCUT2D eigenvalue weighted by Crippen LogP contribution is 2.34. The predicted molar refractivity (Wildman–Crippen MR) is 73.2 cm³/mol. The van der Waals surface area contributed by atoms with Gasteiger partial charge in [-0.05, 0) is 19.3 Å². The Hall–Kier alpha value is -1.30. The fourth-order valence-corrected chi connectivity index (χ4v) is 3.57. The normalized spacial score (nSPS) is 32.5. The molecule has 3 atom stereocenters. The van der Waals surface area contributed by atoms with E-state index in [-0.39, 0.29) is 24.1 Å². The maximum Gasteiger partial charge on any atom is 0.320 e. The Morgan fingerprint density at radius 3 is 2.60 bits per heavy atom. The molecule has 0 unspecified atom stereocenters. The molecule has 0 aromatic rings. The van der Waals surface area contributed by atoms with Crippen LogP contribution in [0, 0.1) is 5.92 Å². The number of hydrogen-bond donors (Lipinski definition) is 1. The van der Waals surface area contributed by atoms with Crippen molar-refractivity contribution < 1.29 is 14.3 Å². The van der Waals surface area contributed by atoms with Crippen LogP contribution in [0.5, 0.6) is 0 Å². The zero-order valence-electron chi connectivity index (χ0n) is 12.0. The molecule has 112 valence electrons. The first-order valence-corrected chi connectivity index (χ1v) is 7.57. The summed E-state index contributed by atoms with van der Waals surface area (Å²) >= 11 is 0. The summed E-state index contributed by atoms with van der Waals surface area (Å²) in [7, 11) is 1.65. The van der Waals surface area contributed by atoms with Gasteiger partial charge in [0, 0.05) is 39.1 Å². The Morgan fingerprint density at radius 1 is 1.20 bits per heavy atom. The van der Waals surface area contributed by atoms with Crippen LogP contribution in [0.3, 0.4) is 0 Å². The molecule has 6 heteroatoms. The molecule has 3 aliphatic heterocycles. The monoisotopic (exact) mass is 281 g/mol.